The summed E-state index contributed by atoms with van der Waals surface area (Å²) in [5.74, 6) is 1.08. The van der Waals surface area contributed by atoms with Gasteiger partial charge in [0, 0.05) is 10.7 Å². The largest absolute Gasteiger partial charge is 0.368 e. The van der Waals surface area contributed by atoms with E-state index in [2.05, 4.69) is 36.1 Å². The van der Waals surface area contributed by atoms with Crippen molar-refractivity contribution < 1.29 is 0 Å². The highest BCUT2D eigenvalue weighted by molar-refractivity contribution is 9.10. The molecule has 1 aromatic heterocycles. The van der Waals surface area contributed by atoms with E-state index in [9.17, 15) is 0 Å². The predicted molar refractivity (Wildman–Crippen MR) is 71.2 cm³/mol. The third-order valence-corrected chi connectivity index (χ3v) is 3.11. The molecule has 0 saturated heterocycles. The molecule has 2 aromatic rings. The Morgan fingerprint density at radius 1 is 1.35 bits per heavy atom. The van der Waals surface area contributed by atoms with Gasteiger partial charge in [-0.3, -0.25) is 0 Å². The molecule has 0 atom stereocenters. The molecular weight excluding hydrogens is 282 g/mol. The van der Waals surface area contributed by atoms with Gasteiger partial charge in [-0.15, -0.1) is 0 Å². The summed E-state index contributed by atoms with van der Waals surface area (Å²) < 4.78 is 1.03. The van der Waals surface area contributed by atoms with Crippen molar-refractivity contribution in [3.05, 3.63) is 34.9 Å². The van der Waals surface area contributed by atoms with Crippen molar-refractivity contribution in [1.82, 2.24) is 9.97 Å². The van der Waals surface area contributed by atoms with Crippen molar-refractivity contribution in [2.75, 3.05) is 22.6 Å². The predicted octanol–water partition coefficient (Wildman–Crippen LogP) is 2.34. The highest BCUT2D eigenvalue weighted by Crippen LogP contribution is 2.37. The third kappa shape index (κ3) is 1.80. The highest BCUT2D eigenvalue weighted by Gasteiger charge is 2.21. The van der Waals surface area contributed by atoms with Crippen LogP contribution < -0.4 is 16.0 Å². The van der Waals surface area contributed by atoms with Gasteiger partial charge in [0.15, 0.2) is 0 Å². The summed E-state index contributed by atoms with van der Waals surface area (Å²) in [6.07, 6.45) is 1.66. The van der Waals surface area contributed by atoms with E-state index in [0.717, 1.165) is 21.7 Å². The smallest absolute Gasteiger partial charge is 0.221 e. The fraction of sp³-hybridized carbons (Fsp3) is 0.0909. The van der Waals surface area contributed by atoms with E-state index in [1.165, 1.54) is 0 Å². The lowest BCUT2D eigenvalue weighted by atomic mass is 10.2. The van der Waals surface area contributed by atoms with Crippen LogP contribution in [-0.4, -0.2) is 16.6 Å². The molecule has 0 amide bonds. The molecule has 1 aromatic carbocycles. The van der Waals surface area contributed by atoms with E-state index in [4.69, 9.17) is 5.73 Å². The van der Waals surface area contributed by atoms with Gasteiger partial charge in [-0.25, -0.2) is 4.98 Å². The molecule has 0 spiro atoms. The summed E-state index contributed by atoms with van der Waals surface area (Å²) >= 11 is 3.47. The van der Waals surface area contributed by atoms with Crippen molar-refractivity contribution in [3.63, 3.8) is 0 Å². The zero-order valence-corrected chi connectivity index (χ0v) is 10.5. The highest BCUT2D eigenvalue weighted by atomic mass is 79.9. The van der Waals surface area contributed by atoms with E-state index in [-0.39, 0.29) is 5.95 Å². The number of fused-ring (bicyclic) bond motifs is 1. The Balaban J connectivity index is 2.06. The molecule has 1 aliphatic rings. The monoisotopic (exact) mass is 291 g/mol. The minimum absolute atomic E-state index is 0.283. The van der Waals surface area contributed by atoms with Gasteiger partial charge in [0.1, 0.15) is 5.82 Å². The Labute approximate surface area is 107 Å². The van der Waals surface area contributed by atoms with Gasteiger partial charge in [0.2, 0.25) is 5.95 Å². The number of nitrogen functional groups attached to an aromatic ring is 1. The topological polar surface area (TPSA) is 67.1 Å². The van der Waals surface area contributed by atoms with Gasteiger partial charge in [0.05, 0.1) is 18.0 Å². The normalized spacial score (nSPS) is 13.4. The Hall–Kier alpha value is -1.82. The van der Waals surface area contributed by atoms with Crippen LogP contribution in [0.25, 0.3) is 0 Å². The lowest BCUT2D eigenvalue weighted by molar-refractivity contribution is 1.03. The molecule has 0 fully saturated rings. The molecule has 0 radical (unpaired) electrons. The molecule has 3 N–H and O–H groups in total. The van der Waals surface area contributed by atoms with Crippen LogP contribution in [0, 0.1) is 0 Å². The first-order valence-corrected chi connectivity index (χ1v) is 5.93. The molecule has 17 heavy (non-hydrogen) atoms. The van der Waals surface area contributed by atoms with Crippen LogP contribution >= 0.6 is 15.9 Å². The third-order valence-electron chi connectivity index (χ3n) is 2.61. The molecule has 86 valence electrons. The van der Waals surface area contributed by atoms with Gasteiger partial charge in [0.25, 0.3) is 0 Å². The van der Waals surface area contributed by atoms with E-state index in [0.29, 0.717) is 6.67 Å². The molecule has 6 heteroatoms. The lowest BCUT2D eigenvalue weighted by Crippen LogP contribution is -2.18. The van der Waals surface area contributed by atoms with Crippen LogP contribution in [0.5, 0.6) is 0 Å². The second-order valence-corrected chi connectivity index (χ2v) is 4.61. The van der Waals surface area contributed by atoms with E-state index < -0.39 is 0 Å². The summed E-state index contributed by atoms with van der Waals surface area (Å²) in [5.41, 5.74) is 7.77. The number of benzene rings is 1. The number of rotatable bonds is 1. The maximum atomic E-state index is 5.60. The van der Waals surface area contributed by atoms with Crippen molar-refractivity contribution in [2.24, 2.45) is 0 Å². The van der Waals surface area contributed by atoms with Gasteiger partial charge < -0.3 is 16.0 Å². The maximum Gasteiger partial charge on any atom is 0.221 e. The molecule has 5 nitrogen and oxygen atoms in total. The number of anilines is 4. The van der Waals surface area contributed by atoms with Crippen LogP contribution in [0.15, 0.2) is 34.9 Å². The first kappa shape index (κ1) is 10.3. The van der Waals surface area contributed by atoms with Crippen molar-refractivity contribution in [1.29, 1.82) is 0 Å². The van der Waals surface area contributed by atoms with Gasteiger partial charge in [-0.1, -0.05) is 15.9 Å². The number of nitrogens with one attached hydrogen (secondary N) is 1. The summed E-state index contributed by atoms with van der Waals surface area (Å²) in [4.78, 5) is 10.2. The Kier molecular flexibility index (Phi) is 2.36. The first-order valence-electron chi connectivity index (χ1n) is 5.13. The molecule has 0 unspecified atom stereocenters. The van der Waals surface area contributed by atoms with Gasteiger partial charge >= 0.3 is 0 Å². The quantitative estimate of drug-likeness (QED) is 0.844. The summed E-state index contributed by atoms with van der Waals surface area (Å²) in [5, 5.41) is 3.30. The lowest BCUT2D eigenvalue weighted by Gasteiger charge is -2.16. The van der Waals surface area contributed by atoms with Crippen LogP contribution in [-0.2, 0) is 0 Å². The number of aromatic nitrogens is 2. The van der Waals surface area contributed by atoms with Crippen molar-refractivity contribution in [3.8, 4) is 0 Å². The van der Waals surface area contributed by atoms with E-state index in [1.807, 2.05) is 24.3 Å². The molecular formula is C11H10BrN5. The average Bonchev–Trinajstić information content (AvgIpc) is 2.71. The van der Waals surface area contributed by atoms with E-state index in [1.54, 1.807) is 6.20 Å². The molecule has 0 aliphatic carbocycles. The average molecular weight is 292 g/mol. The van der Waals surface area contributed by atoms with E-state index >= 15 is 0 Å². The Morgan fingerprint density at radius 2 is 2.24 bits per heavy atom. The van der Waals surface area contributed by atoms with Crippen LogP contribution in [0.4, 0.5) is 23.1 Å². The molecule has 0 saturated carbocycles. The standard InChI is InChI=1S/C11H10BrN5/c12-7-1-2-8-9(5-7)17(6-15-8)10-3-4-14-11(13)16-10/h1-5,15H,6H2,(H2,13,14,16). The number of hydrogen-bond donors (Lipinski definition) is 2. The fourth-order valence-corrected chi connectivity index (χ4v) is 2.19. The van der Waals surface area contributed by atoms with Crippen molar-refractivity contribution >= 4 is 39.1 Å². The second-order valence-electron chi connectivity index (χ2n) is 3.70. The van der Waals surface area contributed by atoms with Crippen molar-refractivity contribution in [2.45, 2.75) is 0 Å². The second kappa shape index (κ2) is 3.89. The fourth-order valence-electron chi connectivity index (χ4n) is 1.85. The molecule has 2 heterocycles. The number of nitrogens with two attached hydrogens (primary N) is 1. The van der Waals surface area contributed by atoms with Crippen LogP contribution in [0.1, 0.15) is 0 Å². The van der Waals surface area contributed by atoms with Crippen LogP contribution in [0.3, 0.4) is 0 Å². The summed E-state index contributed by atoms with van der Waals surface area (Å²) in [6, 6.07) is 7.93. The zero-order valence-electron chi connectivity index (χ0n) is 8.89. The maximum absolute atomic E-state index is 5.60. The number of nitrogens with zero attached hydrogens (tertiary/aromatic N) is 3. The Morgan fingerprint density at radius 3 is 3.06 bits per heavy atom. The summed E-state index contributed by atoms with van der Waals surface area (Å²) in [7, 11) is 0. The minimum Gasteiger partial charge on any atom is -0.368 e. The van der Waals surface area contributed by atoms with Gasteiger partial charge in [-0.2, -0.15) is 4.98 Å². The molecule has 0 bridgehead atoms. The van der Waals surface area contributed by atoms with Crippen LogP contribution in [0.2, 0.25) is 0 Å². The number of halogens is 1. The molecule has 3 rings (SSSR count). The minimum atomic E-state index is 0.283. The SMILES string of the molecule is Nc1nccc(N2CNc3ccc(Br)cc32)n1. The number of hydrogen-bond acceptors (Lipinski definition) is 5. The van der Waals surface area contributed by atoms with Gasteiger partial charge in [-0.05, 0) is 24.3 Å². The zero-order chi connectivity index (χ0) is 11.8. The first-order chi connectivity index (χ1) is 8.24. The molecule has 1 aliphatic heterocycles. The Bertz CT molecular complexity index is 572. The summed E-state index contributed by atoms with van der Waals surface area (Å²) in [6.45, 7) is 0.683.